The Labute approximate surface area is 248 Å². The van der Waals surface area contributed by atoms with Gasteiger partial charge in [0.05, 0.1) is 0 Å². The molecule has 42 heavy (non-hydrogen) atoms. The minimum absolute atomic E-state index is 0.107. The van der Waals surface area contributed by atoms with Crippen LogP contribution in [0, 0.1) is 11.8 Å². The Balaban J connectivity index is 0.000000152. The van der Waals surface area contributed by atoms with Gasteiger partial charge >= 0.3 is 0 Å². The van der Waals surface area contributed by atoms with Gasteiger partial charge in [0.1, 0.15) is 12.1 Å². The van der Waals surface area contributed by atoms with Crippen LogP contribution in [0.4, 0.5) is 0 Å². The van der Waals surface area contributed by atoms with E-state index in [4.69, 9.17) is 5.53 Å². The van der Waals surface area contributed by atoms with Crippen LogP contribution < -0.4 is 0 Å². The lowest BCUT2D eigenvalue weighted by atomic mass is 9.79. The summed E-state index contributed by atoms with van der Waals surface area (Å²) in [6.07, 6.45) is 2.14. The highest BCUT2D eigenvalue weighted by molar-refractivity contribution is 5.52. The second-order valence-corrected chi connectivity index (χ2v) is 11.0. The van der Waals surface area contributed by atoms with E-state index >= 15 is 0 Å². The van der Waals surface area contributed by atoms with Crippen LogP contribution in [0.5, 0.6) is 0 Å². The summed E-state index contributed by atoms with van der Waals surface area (Å²) in [7, 11) is 3.42. The van der Waals surface area contributed by atoms with Gasteiger partial charge in [0.2, 0.25) is 0 Å². The first kappa shape index (κ1) is 28.7. The number of nitrogens with zero attached hydrogens (tertiary/aromatic N) is 6. The summed E-state index contributed by atoms with van der Waals surface area (Å²) in [6.45, 7) is 4.59. The van der Waals surface area contributed by atoms with E-state index in [1.165, 1.54) is 51.6 Å². The number of azide groups is 1. The van der Waals surface area contributed by atoms with Crippen molar-refractivity contribution in [3.05, 3.63) is 152 Å². The number of rotatable bonds is 0. The summed E-state index contributed by atoms with van der Waals surface area (Å²) in [5.41, 5.74) is 18.0. The molecule has 1 aliphatic heterocycles. The summed E-state index contributed by atoms with van der Waals surface area (Å²) in [4.78, 5) is 2.36. The zero-order valence-electron chi connectivity index (χ0n) is 24.6. The normalized spacial score (nSPS) is 20.5. The van der Waals surface area contributed by atoms with Crippen molar-refractivity contribution in [2.75, 3.05) is 14.1 Å². The van der Waals surface area contributed by atoms with E-state index in [2.05, 4.69) is 143 Å². The van der Waals surface area contributed by atoms with Crippen molar-refractivity contribution in [2.45, 2.75) is 50.6 Å². The Hall–Kier alpha value is -4.85. The molecule has 4 atom stereocenters. The fraction of sp³-hybridized carbons (Fsp3) is 0.278. The lowest BCUT2D eigenvalue weighted by Crippen LogP contribution is -2.24. The average Bonchev–Trinajstić information content (AvgIpc) is 3.40. The van der Waals surface area contributed by atoms with Crippen molar-refractivity contribution in [1.82, 2.24) is 5.01 Å². The zero-order valence-corrected chi connectivity index (χ0v) is 24.6. The predicted octanol–water partition coefficient (Wildman–Crippen LogP) is 9.11. The van der Waals surface area contributed by atoms with E-state index in [9.17, 15) is 0 Å². The van der Waals surface area contributed by atoms with Gasteiger partial charge < -0.3 is 0 Å². The molecule has 210 valence electrons. The molecule has 4 aromatic rings. The first-order valence-corrected chi connectivity index (χ1v) is 14.4. The van der Waals surface area contributed by atoms with Gasteiger partial charge in [0, 0.05) is 30.1 Å². The van der Waals surface area contributed by atoms with Crippen LogP contribution >= 0.6 is 0 Å². The van der Waals surface area contributed by atoms with Gasteiger partial charge in [-0.3, -0.25) is 5.01 Å². The van der Waals surface area contributed by atoms with Gasteiger partial charge in [-0.15, -0.1) is 0 Å². The maximum atomic E-state index is 7.33. The van der Waals surface area contributed by atoms with Crippen molar-refractivity contribution >= 4 is 0 Å². The Morgan fingerprint density at radius 2 is 1.21 bits per heavy atom. The molecule has 0 N–H and O–H groups in total. The molecule has 2 aliphatic carbocycles. The molecule has 0 spiro atoms. The van der Waals surface area contributed by atoms with Crippen molar-refractivity contribution in [2.24, 2.45) is 15.5 Å². The monoisotopic (exact) mass is 552 g/mol. The van der Waals surface area contributed by atoms with Gasteiger partial charge in [0.25, 0.3) is 0 Å². The fourth-order valence-electron chi connectivity index (χ4n) is 6.18. The molecule has 4 aromatic carbocycles. The van der Waals surface area contributed by atoms with Crippen molar-refractivity contribution < 1.29 is 0 Å². The summed E-state index contributed by atoms with van der Waals surface area (Å²) in [5.74, 6) is 7.63. The Morgan fingerprint density at radius 3 is 1.93 bits per heavy atom. The molecule has 6 nitrogen and oxygen atoms in total. The van der Waals surface area contributed by atoms with Crippen LogP contribution in [-0.2, 0) is 12.8 Å². The Kier molecular flexibility index (Phi) is 9.02. The predicted molar refractivity (Wildman–Crippen MR) is 169 cm³/mol. The van der Waals surface area contributed by atoms with Crippen molar-refractivity contribution in [1.29, 1.82) is 0 Å². The van der Waals surface area contributed by atoms with Crippen LogP contribution in [0.15, 0.2) is 113 Å². The summed E-state index contributed by atoms with van der Waals surface area (Å²) < 4.78 is 0. The minimum Gasteiger partial charge on any atom is -0.272 e. The lowest BCUT2D eigenvalue weighted by Gasteiger charge is -2.31. The number of likely N-dealkylation sites (N-methyl/N-ethyl adjacent to an activating group) is 1. The Bertz CT molecular complexity index is 1690. The van der Waals surface area contributed by atoms with E-state index in [1.807, 2.05) is 12.1 Å². The first-order chi connectivity index (χ1) is 20.5. The van der Waals surface area contributed by atoms with Crippen LogP contribution in [-0.4, -0.2) is 19.1 Å². The maximum Gasteiger partial charge on any atom is 0.124 e. The molecular weight excluding hydrogens is 516 g/mol. The summed E-state index contributed by atoms with van der Waals surface area (Å²) in [6, 6.07) is 34.7. The molecule has 6 heteroatoms. The molecule has 0 bridgehead atoms. The molecule has 3 aliphatic rings. The van der Waals surface area contributed by atoms with Crippen LogP contribution in [0.2, 0.25) is 0 Å². The topological polar surface area (TPSA) is 76.7 Å². The second kappa shape index (κ2) is 13.2. The van der Waals surface area contributed by atoms with Gasteiger partial charge in [-0.25, -0.2) is 0 Å². The first-order valence-electron chi connectivity index (χ1n) is 14.4. The maximum absolute atomic E-state index is 7.33. The molecule has 0 aromatic heterocycles. The second-order valence-electron chi connectivity index (χ2n) is 11.0. The number of benzene rings is 4. The minimum atomic E-state index is 0.107. The van der Waals surface area contributed by atoms with E-state index in [0.717, 1.165) is 12.8 Å². The van der Waals surface area contributed by atoms with E-state index in [0.29, 0.717) is 11.8 Å². The highest BCUT2D eigenvalue weighted by atomic mass is 15.6. The van der Waals surface area contributed by atoms with E-state index in [-0.39, 0.29) is 12.1 Å². The van der Waals surface area contributed by atoms with E-state index in [1.54, 1.807) is 0 Å². The third kappa shape index (κ3) is 6.07. The molecule has 0 amide bonds. The van der Waals surface area contributed by atoms with Crippen LogP contribution in [0.1, 0.15) is 82.3 Å². The van der Waals surface area contributed by atoms with Crippen molar-refractivity contribution in [3.63, 3.8) is 0 Å². The van der Waals surface area contributed by atoms with Gasteiger partial charge in [-0.2, -0.15) is 5.11 Å². The van der Waals surface area contributed by atoms with E-state index < -0.39 is 0 Å². The Morgan fingerprint density at radius 1 is 0.714 bits per heavy atom. The lowest BCUT2D eigenvalue weighted by molar-refractivity contribution is 0.271. The van der Waals surface area contributed by atoms with Gasteiger partial charge in [0.15, 0.2) is 0 Å². The van der Waals surface area contributed by atoms with Crippen LogP contribution in [0.3, 0.4) is 0 Å². The molecule has 0 fully saturated rings. The smallest absolute Gasteiger partial charge is 0.124 e. The van der Waals surface area contributed by atoms with Crippen LogP contribution in [0.25, 0.3) is 10.4 Å². The third-order valence-electron chi connectivity index (χ3n) is 8.22. The molecule has 0 saturated carbocycles. The molecular formula is C36H36N6. The molecule has 1 heterocycles. The van der Waals surface area contributed by atoms with Gasteiger partial charge in [-0.1, -0.05) is 121 Å². The summed E-state index contributed by atoms with van der Waals surface area (Å²) in [5, 5.41) is 13.8. The molecule has 0 radical (unpaired) electrons. The quantitative estimate of drug-likeness (QED) is 0.0927. The number of hydrogen-bond donors (Lipinski definition) is 0. The molecule has 4 unspecified atom stereocenters. The molecule has 7 rings (SSSR count). The standard InChI is InChI=1S/C18H19N3.C17H14.CH3N3/c1-12-11-13-7-3-4-9-15(13)18-17(19-20-21(18)2)16-10-6-5-8-14(12)16;1-13-12-16-8-3-2-6-14(16)10-11-15-7-4-5-9-17(13)15;1-3-4-2/h3-10,12,17-18H,11H2,1-2H3;2-9,13H,12H2,1H3;1H3. The fourth-order valence-corrected chi connectivity index (χ4v) is 6.18. The average molecular weight is 553 g/mol. The van der Waals surface area contributed by atoms with Crippen molar-refractivity contribution in [3.8, 4) is 11.8 Å². The summed E-state index contributed by atoms with van der Waals surface area (Å²) >= 11 is 0. The zero-order chi connectivity index (χ0) is 29.5. The SMILES string of the molecule is CC1Cc2ccccc2C#Cc2ccccc21.CC1Cc2ccccc2C2C(N=NN2C)c2ccccc21.CN=[N+]=[N-]. The largest absolute Gasteiger partial charge is 0.272 e. The third-order valence-corrected chi connectivity index (χ3v) is 8.22. The number of fused-ring (bicyclic) bond motifs is 7. The van der Waals surface area contributed by atoms with Gasteiger partial charge in [-0.05, 0) is 75.7 Å². The number of hydrogen-bond acceptors (Lipinski definition) is 4. The molecule has 0 saturated heterocycles. The highest BCUT2D eigenvalue weighted by Crippen LogP contribution is 2.47. The highest BCUT2D eigenvalue weighted by Gasteiger charge is 2.37.